The van der Waals surface area contributed by atoms with Crippen LogP contribution in [-0.4, -0.2) is 26.7 Å². The molecular weight excluding hydrogens is 475 g/mol. The van der Waals surface area contributed by atoms with Crippen molar-refractivity contribution >= 4 is 29.9 Å². The van der Waals surface area contributed by atoms with Crippen LogP contribution in [0.15, 0.2) is 47.5 Å². The van der Waals surface area contributed by atoms with Crippen LogP contribution in [0.4, 0.5) is 8.78 Å². The number of nitrogens with one attached hydrogen (secondary N) is 2. The van der Waals surface area contributed by atoms with E-state index in [9.17, 15) is 8.78 Å². The maximum atomic E-state index is 14.1. The minimum Gasteiger partial charge on any atom is -0.380 e. The zero-order chi connectivity index (χ0) is 19.3. The summed E-state index contributed by atoms with van der Waals surface area (Å²) in [5.74, 6) is 0.204. The Morgan fingerprint density at radius 1 is 1.11 bits per heavy atom. The van der Waals surface area contributed by atoms with Gasteiger partial charge in [-0.25, -0.2) is 8.78 Å². The smallest absolute Gasteiger partial charge is 0.191 e. The Morgan fingerprint density at radius 3 is 2.50 bits per heavy atom. The van der Waals surface area contributed by atoms with E-state index >= 15 is 0 Å². The lowest BCUT2D eigenvalue weighted by Crippen LogP contribution is -2.41. The SMILES string of the molecule is CN=C(NCc1ccc(F)c(COC)c1)NCC1(c2ccccc2F)CC1.I. The highest BCUT2D eigenvalue weighted by molar-refractivity contribution is 14.0. The Labute approximate surface area is 181 Å². The average Bonchev–Trinajstić information content (AvgIpc) is 3.46. The predicted octanol–water partition coefficient (Wildman–Crippen LogP) is 4.13. The number of rotatable bonds is 7. The molecule has 0 bridgehead atoms. The van der Waals surface area contributed by atoms with Crippen molar-refractivity contribution in [3.63, 3.8) is 0 Å². The van der Waals surface area contributed by atoms with Gasteiger partial charge in [-0.2, -0.15) is 0 Å². The van der Waals surface area contributed by atoms with E-state index in [-0.39, 0.29) is 47.6 Å². The summed E-state index contributed by atoms with van der Waals surface area (Å²) < 4.78 is 32.8. The fourth-order valence-corrected chi connectivity index (χ4v) is 3.25. The minimum atomic E-state index is -0.274. The van der Waals surface area contributed by atoms with Crippen LogP contribution < -0.4 is 10.6 Å². The molecule has 0 heterocycles. The third-order valence-electron chi connectivity index (χ3n) is 4.99. The van der Waals surface area contributed by atoms with Crippen LogP contribution in [0.5, 0.6) is 0 Å². The van der Waals surface area contributed by atoms with Gasteiger partial charge in [0.25, 0.3) is 0 Å². The van der Waals surface area contributed by atoms with Gasteiger partial charge < -0.3 is 15.4 Å². The van der Waals surface area contributed by atoms with Crippen molar-refractivity contribution in [3.8, 4) is 0 Å². The van der Waals surface area contributed by atoms with Gasteiger partial charge in [-0.1, -0.05) is 24.3 Å². The molecule has 1 saturated carbocycles. The van der Waals surface area contributed by atoms with E-state index in [1.165, 1.54) is 12.1 Å². The number of halogens is 3. The normalized spacial score (nSPS) is 14.9. The number of nitrogens with zero attached hydrogens (tertiary/aromatic N) is 1. The van der Waals surface area contributed by atoms with Gasteiger partial charge in [0, 0.05) is 38.2 Å². The highest BCUT2D eigenvalue weighted by Crippen LogP contribution is 2.48. The van der Waals surface area contributed by atoms with Gasteiger partial charge in [0.2, 0.25) is 0 Å². The van der Waals surface area contributed by atoms with E-state index in [1.807, 2.05) is 12.1 Å². The number of guanidine groups is 1. The third-order valence-corrected chi connectivity index (χ3v) is 4.99. The first kappa shape index (κ1) is 22.5. The Hall–Kier alpha value is -1.74. The molecule has 0 saturated heterocycles. The minimum absolute atomic E-state index is 0. The Balaban J connectivity index is 0.00000280. The van der Waals surface area contributed by atoms with Gasteiger partial charge in [-0.3, -0.25) is 4.99 Å². The van der Waals surface area contributed by atoms with Crippen LogP contribution in [0, 0.1) is 11.6 Å². The van der Waals surface area contributed by atoms with Crippen molar-refractivity contribution in [1.29, 1.82) is 0 Å². The van der Waals surface area contributed by atoms with Crippen molar-refractivity contribution in [2.24, 2.45) is 4.99 Å². The van der Waals surface area contributed by atoms with E-state index in [4.69, 9.17) is 4.74 Å². The van der Waals surface area contributed by atoms with Crippen LogP contribution in [0.2, 0.25) is 0 Å². The molecule has 0 unspecified atom stereocenters. The molecule has 1 aliphatic rings. The molecule has 0 aromatic heterocycles. The maximum absolute atomic E-state index is 14.1. The second kappa shape index (κ2) is 10.2. The van der Waals surface area contributed by atoms with Crippen molar-refractivity contribution in [2.45, 2.75) is 31.4 Å². The van der Waals surface area contributed by atoms with E-state index in [2.05, 4.69) is 15.6 Å². The molecule has 0 radical (unpaired) electrons. The van der Waals surface area contributed by atoms with Crippen LogP contribution in [-0.2, 0) is 23.3 Å². The molecule has 0 amide bonds. The molecule has 4 nitrogen and oxygen atoms in total. The van der Waals surface area contributed by atoms with Crippen LogP contribution in [0.25, 0.3) is 0 Å². The highest BCUT2D eigenvalue weighted by Gasteiger charge is 2.45. The molecule has 0 atom stereocenters. The summed E-state index contributed by atoms with van der Waals surface area (Å²) in [4.78, 5) is 4.23. The molecule has 2 aromatic rings. The van der Waals surface area contributed by atoms with Gasteiger partial charge in [-0.15, -0.1) is 24.0 Å². The van der Waals surface area contributed by atoms with Gasteiger partial charge in [0.15, 0.2) is 5.96 Å². The number of aliphatic imine (C=N–C) groups is 1. The molecule has 0 aliphatic heterocycles. The quantitative estimate of drug-likeness (QED) is 0.341. The Bertz CT molecular complexity index is 825. The summed E-state index contributed by atoms with van der Waals surface area (Å²) in [6, 6.07) is 11.9. The lowest BCUT2D eigenvalue weighted by atomic mass is 9.95. The van der Waals surface area contributed by atoms with Crippen molar-refractivity contribution in [3.05, 3.63) is 70.8 Å². The summed E-state index contributed by atoms with van der Waals surface area (Å²) in [7, 11) is 3.23. The third kappa shape index (κ3) is 5.41. The first-order valence-corrected chi connectivity index (χ1v) is 9.04. The van der Waals surface area contributed by atoms with E-state index in [1.54, 1.807) is 32.4 Å². The average molecular weight is 501 g/mol. The number of hydrogen-bond acceptors (Lipinski definition) is 2. The van der Waals surface area contributed by atoms with Gasteiger partial charge in [0.05, 0.1) is 6.61 Å². The van der Waals surface area contributed by atoms with E-state index in [0.29, 0.717) is 24.6 Å². The number of hydrogen-bond donors (Lipinski definition) is 2. The van der Waals surface area contributed by atoms with Gasteiger partial charge in [0.1, 0.15) is 11.6 Å². The lowest BCUT2D eigenvalue weighted by Gasteiger charge is -2.19. The molecule has 1 fully saturated rings. The lowest BCUT2D eigenvalue weighted by molar-refractivity contribution is 0.181. The zero-order valence-corrected chi connectivity index (χ0v) is 18.4. The maximum Gasteiger partial charge on any atom is 0.191 e. The van der Waals surface area contributed by atoms with Crippen LogP contribution in [0.1, 0.15) is 29.5 Å². The fraction of sp³-hybridized carbons (Fsp3) is 0.381. The summed E-state index contributed by atoms with van der Waals surface area (Å²) in [6.45, 7) is 1.35. The van der Waals surface area contributed by atoms with E-state index in [0.717, 1.165) is 24.0 Å². The number of methoxy groups -OCH3 is 1. The molecule has 1 aliphatic carbocycles. The standard InChI is InChI=1S/C21H25F2N3O.HI/c1-24-20(25-12-15-7-8-18(22)16(11-15)13-27-2)26-14-21(9-10-21)17-5-3-4-6-19(17)23;/h3-8,11H,9-10,12-14H2,1-2H3,(H2,24,25,26);1H. The van der Waals surface area contributed by atoms with Gasteiger partial charge in [-0.05, 0) is 42.2 Å². The first-order valence-electron chi connectivity index (χ1n) is 9.04. The summed E-state index contributed by atoms with van der Waals surface area (Å²) in [5.41, 5.74) is 2.05. The largest absolute Gasteiger partial charge is 0.380 e. The molecule has 2 N–H and O–H groups in total. The molecule has 3 rings (SSSR count). The Morgan fingerprint density at radius 2 is 1.86 bits per heavy atom. The van der Waals surface area contributed by atoms with Crippen molar-refractivity contribution < 1.29 is 13.5 Å². The van der Waals surface area contributed by atoms with Crippen molar-refractivity contribution in [1.82, 2.24) is 10.6 Å². The fourth-order valence-electron chi connectivity index (χ4n) is 3.25. The summed E-state index contributed by atoms with van der Waals surface area (Å²) in [5, 5.41) is 6.52. The number of ether oxygens (including phenoxy) is 1. The molecular formula is C21H26F2IN3O. The summed E-state index contributed by atoms with van der Waals surface area (Å²) in [6.07, 6.45) is 1.91. The molecule has 152 valence electrons. The zero-order valence-electron chi connectivity index (χ0n) is 16.1. The van der Waals surface area contributed by atoms with Crippen molar-refractivity contribution in [2.75, 3.05) is 20.7 Å². The molecule has 2 aromatic carbocycles. The number of benzene rings is 2. The van der Waals surface area contributed by atoms with Crippen LogP contribution >= 0.6 is 24.0 Å². The highest BCUT2D eigenvalue weighted by atomic mass is 127. The monoisotopic (exact) mass is 501 g/mol. The molecule has 28 heavy (non-hydrogen) atoms. The first-order chi connectivity index (χ1) is 13.1. The van der Waals surface area contributed by atoms with Crippen LogP contribution in [0.3, 0.4) is 0 Å². The molecule has 0 spiro atoms. The second-order valence-corrected chi connectivity index (χ2v) is 6.90. The topological polar surface area (TPSA) is 45.7 Å². The Kier molecular flexibility index (Phi) is 8.18. The van der Waals surface area contributed by atoms with E-state index < -0.39 is 0 Å². The summed E-state index contributed by atoms with van der Waals surface area (Å²) >= 11 is 0. The second-order valence-electron chi connectivity index (χ2n) is 6.90. The predicted molar refractivity (Wildman–Crippen MR) is 118 cm³/mol. The van der Waals surface area contributed by atoms with Gasteiger partial charge >= 0.3 is 0 Å². The molecule has 7 heteroatoms.